The van der Waals surface area contributed by atoms with Crippen LogP contribution in [0.5, 0.6) is 0 Å². The van der Waals surface area contributed by atoms with E-state index in [1.165, 1.54) is 92.8 Å². The van der Waals surface area contributed by atoms with E-state index < -0.39 is 8.07 Å². The molecule has 0 amide bonds. The largest absolute Gasteiger partial charge is 0.376 e. The molecule has 5 heterocycles. The van der Waals surface area contributed by atoms with Crippen molar-refractivity contribution < 1.29 is 0 Å². The van der Waals surface area contributed by atoms with Crippen LogP contribution in [0.25, 0.3) is 49.7 Å². The van der Waals surface area contributed by atoms with Gasteiger partial charge in [0.15, 0.2) is 8.07 Å². The highest BCUT2D eigenvalue weighted by molar-refractivity contribution is 7.24. The number of benzene rings is 9. The Hall–Kier alpha value is -7.34. The smallest absolute Gasteiger partial charge is 0.333 e. The van der Waals surface area contributed by atoms with E-state index in [4.69, 9.17) is 0 Å². The summed E-state index contributed by atoms with van der Waals surface area (Å²) in [6, 6.07) is 77.9. The van der Waals surface area contributed by atoms with Gasteiger partial charge < -0.3 is 14.3 Å². The topological polar surface area (TPSA) is 11.4 Å². The van der Waals surface area contributed by atoms with Crippen molar-refractivity contribution in [2.45, 2.75) is 0 Å². The lowest BCUT2D eigenvalue weighted by Crippen LogP contribution is -2.78. The monoisotopic (exact) mass is 763 g/mol. The summed E-state index contributed by atoms with van der Waals surface area (Å²) in [6.45, 7) is -0.0375. The van der Waals surface area contributed by atoms with Gasteiger partial charge in [-0.3, -0.25) is 0 Å². The number of anilines is 5. The summed E-state index contributed by atoms with van der Waals surface area (Å²) in [5.74, 6) is 0. The Bertz CT molecular complexity index is 3340. The molecule has 5 heteroatoms. The first-order chi connectivity index (χ1) is 29.3. The van der Waals surface area contributed by atoms with Gasteiger partial charge in [-0.2, -0.15) is 0 Å². The van der Waals surface area contributed by atoms with E-state index in [2.05, 4.69) is 221 Å². The number of hydrogen-bond donors (Lipinski definition) is 0. The fourth-order valence-electron chi connectivity index (χ4n) is 11.7. The second-order valence-corrected chi connectivity index (χ2v) is 20.0. The molecule has 272 valence electrons. The molecule has 0 aliphatic carbocycles. The summed E-state index contributed by atoms with van der Waals surface area (Å²) < 4.78 is 2.58. The van der Waals surface area contributed by atoms with Crippen LogP contribution in [0, 0.1) is 0 Å². The maximum absolute atomic E-state index is 2.78. The Balaban J connectivity index is 1.17. The number of fused-ring (bicyclic) bond motifs is 16. The zero-order valence-corrected chi connectivity index (χ0v) is 33.0. The average Bonchev–Trinajstić information content (AvgIpc) is 3.80. The summed E-state index contributed by atoms with van der Waals surface area (Å²) in [7, 11) is -2.78. The Morgan fingerprint density at radius 2 is 0.983 bits per heavy atom. The molecule has 0 saturated heterocycles. The predicted octanol–water partition coefficient (Wildman–Crippen LogP) is 9.16. The quantitative estimate of drug-likeness (QED) is 0.167. The first-order valence-electron chi connectivity index (χ1n) is 20.6. The number of aromatic nitrogens is 1. The zero-order chi connectivity index (χ0) is 38.4. The Labute approximate surface area is 343 Å². The highest BCUT2D eigenvalue weighted by atomic mass is 28.3. The van der Waals surface area contributed by atoms with Gasteiger partial charge >= 0.3 is 6.85 Å². The van der Waals surface area contributed by atoms with E-state index in [-0.39, 0.29) is 6.85 Å². The minimum Gasteiger partial charge on any atom is -0.376 e. The molecule has 0 fully saturated rings. The van der Waals surface area contributed by atoms with Crippen LogP contribution in [0.1, 0.15) is 0 Å². The molecule has 1 spiro atoms. The van der Waals surface area contributed by atoms with E-state index in [0.29, 0.717) is 0 Å². The lowest BCUT2D eigenvalue weighted by molar-refractivity contribution is 1.17. The minimum atomic E-state index is -2.78. The predicted molar refractivity (Wildman–Crippen MR) is 251 cm³/mol. The molecule has 9 aromatic carbocycles. The standard InChI is InChI=1S/C54H34BN3Si/c1-3-17-35(18-4-1)56(36-19-5-2-6-20-36)37-33-43-42-25-16-32-51-54(42)58(55-44-26-15-24-41-38-21-7-10-27-45(38)57(53(41)44)47(34-37)52(43)55)46-28-11-14-31-50(46)59(51)48-29-12-8-22-39(48)40-23-9-13-30-49(40)59/h1-34H. The zero-order valence-electron chi connectivity index (χ0n) is 32.0. The first kappa shape index (κ1) is 31.7. The SMILES string of the molecule is c1ccc(N(c2ccccc2)c2cc3c4c(c2)-n2c5ccccc5c5cccc(c52)B4N2c4ccccc4[Si]4(c5ccccc5-c5ccccc54)c4cccc-3c42)cc1. The van der Waals surface area contributed by atoms with Crippen molar-refractivity contribution in [1.82, 2.24) is 4.57 Å². The van der Waals surface area contributed by atoms with Crippen LogP contribution in [0.2, 0.25) is 0 Å². The van der Waals surface area contributed by atoms with Gasteiger partial charge in [-0.15, -0.1) is 0 Å². The summed E-state index contributed by atoms with van der Waals surface area (Å²) in [5.41, 5.74) is 17.9. The molecule has 4 aliphatic rings. The molecular formula is C54H34BN3Si. The molecule has 4 aliphatic heterocycles. The second kappa shape index (κ2) is 11.4. The van der Waals surface area contributed by atoms with Crippen LogP contribution in [-0.4, -0.2) is 19.5 Å². The lowest BCUT2D eigenvalue weighted by Gasteiger charge is -2.50. The fourth-order valence-corrected chi connectivity index (χ4v) is 17.2. The summed E-state index contributed by atoms with van der Waals surface area (Å²) in [4.78, 5) is 5.20. The van der Waals surface area contributed by atoms with Gasteiger partial charge in [-0.05, 0) is 96.9 Å². The fraction of sp³-hybridized carbons (Fsp3) is 0. The molecular weight excluding hydrogens is 730 g/mol. The third kappa shape index (κ3) is 3.84. The van der Waals surface area contributed by atoms with Gasteiger partial charge in [-0.25, -0.2) is 0 Å². The molecule has 0 N–H and O–H groups in total. The molecule has 0 unspecified atom stereocenters. The van der Waals surface area contributed by atoms with Crippen molar-refractivity contribution in [3.05, 3.63) is 206 Å². The van der Waals surface area contributed by atoms with Crippen LogP contribution >= 0.6 is 0 Å². The normalized spacial score (nSPS) is 14.2. The Kier molecular flexibility index (Phi) is 6.13. The minimum absolute atomic E-state index is 0.0375. The third-order valence-electron chi connectivity index (χ3n) is 13.7. The van der Waals surface area contributed by atoms with E-state index in [1.54, 1.807) is 0 Å². The van der Waals surface area contributed by atoms with E-state index in [9.17, 15) is 0 Å². The van der Waals surface area contributed by atoms with Crippen LogP contribution in [0.4, 0.5) is 28.4 Å². The number of rotatable bonds is 3. The van der Waals surface area contributed by atoms with Gasteiger partial charge in [0.2, 0.25) is 0 Å². The third-order valence-corrected chi connectivity index (χ3v) is 18.6. The van der Waals surface area contributed by atoms with E-state index in [1.807, 2.05) is 0 Å². The van der Waals surface area contributed by atoms with Crippen molar-refractivity contribution in [2.24, 2.45) is 0 Å². The molecule has 0 atom stereocenters. The molecule has 0 radical (unpaired) electrons. The number of hydrogen-bond acceptors (Lipinski definition) is 2. The van der Waals surface area contributed by atoms with Crippen molar-refractivity contribution >= 4 is 96.8 Å². The van der Waals surface area contributed by atoms with Gasteiger partial charge in [0.05, 0.1) is 11.0 Å². The molecule has 59 heavy (non-hydrogen) atoms. The first-order valence-corrected chi connectivity index (χ1v) is 22.6. The number of nitrogens with zero attached hydrogens (tertiary/aromatic N) is 3. The van der Waals surface area contributed by atoms with Crippen molar-refractivity contribution in [1.29, 1.82) is 0 Å². The summed E-state index contributed by atoms with van der Waals surface area (Å²) in [6.07, 6.45) is 0. The maximum atomic E-state index is 2.76. The average molecular weight is 764 g/mol. The highest BCUT2D eigenvalue weighted by Gasteiger charge is 2.57. The molecule has 0 saturated carbocycles. The summed E-state index contributed by atoms with van der Waals surface area (Å²) in [5, 5.41) is 8.52. The van der Waals surface area contributed by atoms with Crippen molar-refractivity contribution in [3.8, 4) is 27.9 Å². The van der Waals surface area contributed by atoms with Gasteiger partial charge in [0.25, 0.3) is 0 Å². The van der Waals surface area contributed by atoms with Gasteiger partial charge in [0.1, 0.15) is 0 Å². The highest BCUT2D eigenvalue weighted by Crippen LogP contribution is 2.49. The number of para-hydroxylation sites is 6. The van der Waals surface area contributed by atoms with Gasteiger partial charge in [-0.1, -0.05) is 158 Å². The van der Waals surface area contributed by atoms with E-state index >= 15 is 0 Å². The molecule has 0 bridgehead atoms. The van der Waals surface area contributed by atoms with Crippen LogP contribution < -0.4 is 41.4 Å². The lowest BCUT2D eigenvalue weighted by atomic mass is 9.44. The second-order valence-electron chi connectivity index (χ2n) is 16.4. The van der Waals surface area contributed by atoms with Crippen molar-refractivity contribution in [3.63, 3.8) is 0 Å². The Morgan fingerprint density at radius 1 is 0.407 bits per heavy atom. The molecule has 1 aromatic heterocycles. The van der Waals surface area contributed by atoms with Crippen LogP contribution in [0.15, 0.2) is 206 Å². The van der Waals surface area contributed by atoms with Gasteiger partial charge in [0, 0.05) is 50.5 Å². The van der Waals surface area contributed by atoms with Crippen LogP contribution in [0.3, 0.4) is 0 Å². The molecule has 14 rings (SSSR count). The summed E-state index contributed by atoms with van der Waals surface area (Å²) >= 11 is 0. The van der Waals surface area contributed by atoms with Crippen molar-refractivity contribution in [2.75, 3.05) is 9.71 Å². The van der Waals surface area contributed by atoms with E-state index in [0.717, 1.165) is 17.1 Å². The Morgan fingerprint density at radius 3 is 1.73 bits per heavy atom. The maximum Gasteiger partial charge on any atom is 0.333 e. The molecule has 10 aromatic rings. The molecule has 3 nitrogen and oxygen atoms in total. The van der Waals surface area contributed by atoms with Crippen LogP contribution in [-0.2, 0) is 0 Å².